The minimum absolute atomic E-state index is 0.0476. The van der Waals surface area contributed by atoms with E-state index in [0.29, 0.717) is 48.3 Å². The smallest absolute Gasteiger partial charge is 0.295 e. The Labute approximate surface area is 205 Å². The lowest BCUT2D eigenvalue weighted by molar-refractivity contribution is -0.140. The van der Waals surface area contributed by atoms with Gasteiger partial charge in [-0.25, -0.2) is 0 Å². The second-order valence-corrected chi connectivity index (χ2v) is 9.22. The SMILES string of the molecule is COCCN1C(=O)C(=O)/C(=C(\O)c2ccc3c(c2)N(C)CCO3)C1c1cccc(OCC(C)C)c1. The molecular weight excluding hydrogens is 448 g/mol. The number of amides is 1. The lowest BCUT2D eigenvalue weighted by Crippen LogP contribution is -2.32. The number of methoxy groups -OCH3 is 1. The zero-order chi connectivity index (χ0) is 25.1. The van der Waals surface area contributed by atoms with E-state index in [1.807, 2.05) is 36.2 Å². The summed E-state index contributed by atoms with van der Waals surface area (Å²) in [6.45, 7) is 6.41. The van der Waals surface area contributed by atoms with E-state index in [-0.39, 0.29) is 24.5 Å². The van der Waals surface area contributed by atoms with E-state index in [9.17, 15) is 14.7 Å². The first kappa shape index (κ1) is 24.6. The first-order valence-corrected chi connectivity index (χ1v) is 11.8. The second kappa shape index (κ2) is 10.4. The molecule has 0 bridgehead atoms. The molecule has 1 amide bonds. The van der Waals surface area contributed by atoms with Crippen molar-refractivity contribution in [3.63, 3.8) is 0 Å². The Morgan fingerprint density at radius 3 is 2.74 bits per heavy atom. The Kier molecular flexibility index (Phi) is 7.31. The minimum atomic E-state index is -0.766. The Balaban J connectivity index is 1.80. The molecule has 2 aromatic rings. The largest absolute Gasteiger partial charge is 0.507 e. The Hall–Kier alpha value is -3.52. The highest BCUT2D eigenvalue weighted by molar-refractivity contribution is 6.46. The summed E-state index contributed by atoms with van der Waals surface area (Å²) in [6.07, 6.45) is 0. The molecule has 1 N–H and O–H groups in total. The summed E-state index contributed by atoms with van der Waals surface area (Å²) in [7, 11) is 3.48. The van der Waals surface area contributed by atoms with Gasteiger partial charge in [0.15, 0.2) is 0 Å². The molecular formula is C27H32N2O6. The van der Waals surface area contributed by atoms with Crippen molar-refractivity contribution < 1.29 is 28.9 Å². The number of fused-ring (bicyclic) bond motifs is 1. The van der Waals surface area contributed by atoms with Crippen LogP contribution in [0.1, 0.15) is 31.0 Å². The van der Waals surface area contributed by atoms with Crippen LogP contribution in [-0.2, 0) is 14.3 Å². The number of hydrogen-bond acceptors (Lipinski definition) is 7. The van der Waals surface area contributed by atoms with Gasteiger partial charge in [0.2, 0.25) is 0 Å². The number of aliphatic hydroxyl groups excluding tert-OH is 1. The summed E-state index contributed by atoms with van der Waals surface area (Å²) in [6, 6.07) is 11.8. The second-order valence-electron chi connectivity index (χ2n) is 9.22. The quantitative estimate of drug-likeness (QED) is 0.351. The van der Waals surface area contributed by atoms with Crippen molar-refractivity contribution in [1.82, 2.24) is 4.90 Å². The van der Waals surface area contributed by atoms with Gasteiger partial charge < -0.3 is 29.1 Å². The van der Waals surface area contributed by atoms with Crippen LogP contribution < -0.4 is 14.4 Å². The van der Waals surface area contributed by atoms with Gasteiger partial charge in [-0.15, -0.1) is 0 Å². The van der Waals surface area contributed by atoms with Crippen LogP contribution in [0.4, 0.5) is 5.69 Å². The number of benzene rings is 2. The van der Waals surface area contributed by atoms with Crippen molar-refractivity contribution in [3.05, 3.63) is 59.2 Å². The molecule has 2 aliphatic heterocycles. The first-order valence-electron chi connectivity index (χ1n) is 11.8. The number of likely N-dealkylation sites (tertiary alicyclic amines) is 1. The zero-order valence-corrected chi connectivity index (χ0v) is 20.6. The normalized spacial score (nSPS) is 19.2. The highest BCUT2D eigenvalue weighted by Crippen LogP contribution is 2.41. The molecule has 2 aromatic carbocycles. The average Bonchev–Trinajstić information content (AvgIpc) is 3.11. The van der Waals surface area contributed by atoms with E-state index < -0.39 is 17.7 Å². The number of likely N-dealkylation sites (N-methyl/N-ethyl adjacent to an activating group) is 1. The molecule has 0 radical (unpaired) electrons. The third-order valence-electron chi connectivity index (χ3n) is 6.16. The number of hydrogen-bond donors (Lipinski definition) is 1. The Morgan fingerprint density at radius 1 is 1.20 bits per heavy atom. The molecule has 1 atom stereocenters. The summed E-state index contributed by atoms with van der Waals surface area (Å²) in [5.74, 6) is 0.0871. The van der Waals surface area contributed by atoms with Gasteiger partial charge in [-0.2, -0.15) is 0 Å². The number of anilines is 1. The summed E-state index contributed by atoms with van der Waals surface area (Å²) in [5, 5.41) is 11.4. The zero-order valence-electron chi connectivity index (χ0n) is 20.6. The predicted octanol–water partition coefficient (Wildman–Crippen LogP) is 3.62. The molecule has 2 aliphatic rings. The maximum absolute atomic E-state index is 13.2. The fourth-order valence-electron chi connectivity index (χ4n) is 4.34. The van der Waals surface area contributed by atoms with Gasteiger partial charge in [0.05, 0.1) is 37.1 Å². The highest BCUT2D eigenvalue weighted by Gasteiger charge is 2.46. The maximum atomic E-state index is 13.2. The molecule has 186 valence electrons. The van der Waals surface area contributed by atoms with E-state index in [1.54, 1.807) is 18.2 Å². The van der Waals surface area contributed by atoms with Gasteiger partial charge in [0, 0.05) is 26.3 Å². The first-order chi connectivity index (χ1) is 16.8. The van der Waals surface area contributed by atoms with Crippen LogP contribution in [-0.4, -0.2) is 68.8 Å². The van der Waals surface area contributed by atoms with Crippen molar-refractivity contribution in [2.75, 3.05) is 52.0 Å². The van der Waals surface area contributed by atoms with Gasteiger partial charge in [-0.05, 0) is 41.8 Å². The number of ketones is 1. The van der Waals surface area contributed by atoms with Gasteiger partial charge in [0.1, 0.15) is 23.9 Å². The topological polar surface area (TPSA) is 88.5 Å². The lowest BCUT2D eigenvalue weighted by atomic mass is 9.94. The number of rotatable bonds is 8. The third-order valence-corrected chi connectivity index (χ3v) is 6.16. The molecule has 8 heteroatoms. The predicted molar refractivity (Wildman–Crippen MR) is 133 cm³/mol. The molecule has 1 fully saturated rings. The van der Waals surface area contributed by atoms with Crippen LogP contribution in [0.25, 0.3) is 5.76 Å². The van der Waals surface area contributed by atoms with Crippen molar-refractivity contribution in [2.45, 2.75) is 19.9 Å². The summed E-state index contributed by atoms with van der Waals surface area (Å²) < 4.78 is 16.8. The minimum Gasteiger partial charge on any atom is -0.507 e. The standard InChI is InChI=1S/C27H32N2O6/c1-17(2)16-35-20-7-5-6-18(14-20)24-23(26(31)27(32)29(24)11-12-33-4)25(30)19-8-9-22-21(15-19)28(3)10-13-34-22/h5-9,14-15,17,24,30H,10-13,16H2,1-4H3/b25-23-. The molecule has 1 saturated heterocycles. The third kappa shape index (κ3) is 4.98. The van der Waals surface area contributed by atoms with Crippen molar-refractivity contribution in [2.24, 2.45) is 5.92 Å². The van der Waals surface area contributed by atoms with Gasteiger partial charge >= 0.3 is 0 Å². The molecule has 1 unspecified atom stereocenters. The van der Waals surface area contributed by atoms with E-state index in [4.69, 9.17) is 14.2 Å². The van der Waals surface area contributed by atoms with E-state index in [2.05, 4.69) is 13.8 Å². The molecule has 4 rings (SSSR count). The highest BCUT2D eigenvalue weighted by atomic mass is 16.5. The van der Waals surface area contributed by atoms with Crippen LogP contribution in [0.5, 0.6) is 11.5 Å². The number of Topliss-reactive ketones (excluding diaryl/α,β-unsaturated/α-hetero) is 1. The number of aliphatic hydroxyl groups is 1. The fraction of sp³-hybridized carbons (Fsp3) is 0.407. The van der Waals surface area contributed by atoms with Crippen LogP contribution in [0.15, 0.2) is 48.0 Å². The van der Waals surface area contributed by atoms with Gasteiger partial charge in [0.25, 0.3) is 11.7 Å². The Bertz CT molecular complexity index is 1140. The number of carbonyl (C=O) groups excluding carboxylic acids is 2. The van der Waals surface area contributed by atoms with Crippen molar-refractivity contribution >= 4 is 23.1 Å². The van der Waals surface area contributed by atoms with Crippen LogP contribution in [0.2, 0.25) is 0 Å². The summed E-state index contributed by atoms with van der Waals surface area (Å²) in [4.78, 5) is 29.7. The van der Waals surface area contributed by atoms with Crippen LogP contribution >= 0.6 is 0 Å². The number of ether oxygens (including phenoxy) is 3. The molecule has 0 aromatic heterocycles. The molecule has 8 nitrogen and oxygen atoms in total. The van der Waals surface area contributed by atoms with Crippen LogP contribution in [0.3, 0.4) is 0 Å². The molecule has 35 heavy (non-hydrogen) atoms. The fourth-order valence-corrected chi connectivity index (χ4v) is 4.34. The number of carbonyl (C=O) groups is 2. The van der Waals surface area contributed by atoms with E-state index in [0.717, 1.165) is 5.69 Å². The van der Waals surface area contributed by atoms with E-state index in [1.165, 1.54) is 12.0 Å². The monoisotopic (exact) mass is 480 g/mol. The van der Waals surface area contributed by atoms with Crippen molar-refractivity contribution in [1.29, 1.82) is 0 Å². The number of nitrogens with zero attached hydrogens (tertiary/aromatic N) is 2. The molecule has 2 heterocycles. The summed E-state index contributed by atoms with van der Waals surface area (Å²) >= 11 is 0. The molecule has 0 saturated carbocycles. The lowest BCUT2D eigenvalue weighted by Gasteiger charge is -2.28. The van der Waals surface area contributed by atoms with Crippen molar-refractivity contribution in [3.8, 4) is 11.5 Å². The molecule has 0 spiro atoms. The Morgan fingerprint density at radius 2 is 2.00 bits per heavy atom. The van der Waals surface area contributed by atoms with Gasteiger partial charge in [-0.1, -0.05) is 26.0 Å². The summed E-state index contributed by atoms with van der Waals surface area (Å²) in [5.41, 5.74) is 1.99. The maximum Gasteiger partial charge on any atom is 0.295 e. The average molecular weight is 481 g/mol. The van der Waals surface area contributed by atoms with Gasteiger partial charge in [-0.3, -0.25) is 9.59 Å². The van der Waals surface area contributed by atoms with Crippen LogP contribution in [0, 0.1) is 5.92 Å². The van der Waals surface area contributed by atoms with E-state index >= 15 is 0 Å². The molecule has 0 aliphatic carbocycles.